The number of halogens is 3. The number of benzene rings is 2. The van der Waals surface area contributed by atoms with E-state index in [2.05, 4.69) is 33.8 Å². The van der Waals surface area contributed by atoms with Crippen LogP contribution in [-0.4, -0.2) is 35.3 Å². The van der Waals surface area contributed by atoms with E-state index in [4.69, 9.17) is 14.6 Å². The maximum atomic E-state index is 12.5. The number of carboxylic acids is 1. The number of hydrogen-bond donors (Lipinski definition) is 4. The zero-order chi connectivity index (χ0) is 23.5. The highest BCUT2D eigenvalue weighted by atomic mass is 19.4. The molecule has 1 amide bonds. The Labute approximate surface area is 181 Å². The highest BCUT2D eigenvalue weighted by Crippen LogP contribution is 2.28. The monoisotopic (exact) mass is 449 g/mol. The summed E-state index contributed by atoms with van der Waals surface area (Å²) in [7, 11) is 1.64. The number of methoxy groups -OCH3 is 1. The predicted molar refractivity (Wildman–Crippen MR) is 111 cm³/mol. The number of carbonyl (C=O) groups excluding carboxylic acids is 1. The molecule has 0 bridgehead atoms. The van der Waals surface area contributed by atoms with Crippen LogP contribution in [0.1, 0.15) is 32.7 Å². The third-order valence-corrected chi connectivity index (χ3v) is 5.02. The van der Waals surface area contributed by atoms with Gasteiger partial charge >= 0.3 is 12.1 Å². The number of fused-ring (bicyclic) bond motifs is 2. The van der Waals surface area contributed by atoms with E-state index >= 15 is 0 Å². The van der Waals surface area contributed by atoms with Crippen LogP contribution in [-0.2, 0) is 24.4 Å². The van der Waals surface area contributed by atoms with Gasteiger partial charge in [0.25, 0.3) is 5.91 Å². The first-order valence-corrected chi connectivity index (χ1v) is 9.66. The number of carbonyl (C=O) groups is 2. The van der Waals surface area contributed by atoms with Crippen molar-refractivity contribution in [2.24, 2.45) is 0 Å². The lowest BCUT2D eigenvalue weighted by molar-refractivity contribution is -0.192. The second-order valence-corrected chi connectivity index (χ2v) is 7.25. The maximum Gasteiger partial charge on any atom is 0.490 e. The molecule has 4 rings (SSSR count). The lowest BCUT2D eigenvalue weighted by Gasteiger charge is -2.06. The van der Waals surface area contributed by atoms with E-state index in [1.165, 1.54) is 11.1 Å². The molecule has 0 saturated heterocycles. The van der Waals surface area contributed by atoms with Gasteiger partial charge < -0.3 is 25.5 Å². The first-order chi connectivity index (χ1) is 15.1. The number of H-pyrrole nitrogens is 1. The molecule has 170 valence electrons. The lowest BCUT2D eigenvalue weighted by Crippen LogP contribution is -2.23. The summed E-state index contributed by atoms with van der Waals surface area (Å²) in [5.74, 6) is -2.11. The normalized spacial score (nSPS) is 12.7. The summed E-state index contributed by atoms with van der Waals surface area (Å²) >= 11 is 0. The molecular formula is C22H22F3N3O4. The van der Waals surface area contributed by atoms with Crippen molar-refractivity contribution in [3.63, 3.8) is 0 Å². The fourth-order valence-corrected chi connectivity index (χ4v) is 3.37. The molecule has 0 saturated carbocycles. The molecule has 2 heterocycles. The van der Waals surface area contributed by atoms with E-state index in [0.717, 1.165) is 40.9 Å². The van der Waals surface area contributed by atoms with Crippen molar-refractivity contribution in [2.45, 2.75) is 32.7 Å². The minimum absolute atomic E-state index is 0.115. The maximum absolute atomic E-state index is 12.5. The van der Waals surface area contributed by atoms with Gasteiger partial charge in [-0.2, -0.15) is 13.2 Å². The predicted octanol–water partition coefficient (Wildman–Crippen LogP) is 3.65. The zero-order valence-corrected chi connectivity index (χ0v) is 17.4. The van der Waals surface area contributed by atoms with Gasteiger partial charge in [-0.05, 0) is 41.3 Å². The Morgan fingerprint density at radius 3 is 2.47 bits per heavy atom. The summed E-state index contributed by atoms with van der Waals surface area (Å²) in [5.41, 5.74) is 6.34. The Morgan fingerprint density at radius 1 is 1.12 bits per heavy atom. The summed E-state index contributed by atoms with van der Waals surface area (Å²) in [6.07, 6.45) is -5.08. The van der Waals surface area contributed by atoms with E-state index in [1.807, 2.05) is 25.1 Å². The van der Waals surface area contributed by atoms with Crippen molar-refractivity contribution in [3.8, 4) is 5.75 Å². The number of aromatic amines is 1. The van der Waals surface area contributed by atoms with Gasteiger partial charge in [0.1, 0.15) is 11.4 Å². The van der Waals surface area contributed by atoms with Crippen LogP contribution >= 0.6 is 0 Å². The smallest absolute Gasteiger partial charge is 0.490 e. The first kappa shape index (κ1) is 23.1. The van der Waals surface area contributed by atoms with Crippen molar-refractivity contribution in [1.82, 2.24) is 15.6 Å². The van der Waals surface area contributed by atoms with Gasteiger partial charge in [0.2, 0.25) is 0 Å². The van der Waals surface area contributed by atoms with E-state index in [-0.39, 0.29) is 5.91 Å². The molecule has 1 aromatic heterocycles. The molecule has 1 aliphatic heterocycles. The van der Waals surface area contributed by atoms with Crippen molar-refractivity contribution in [1.29, 1.82) is 0 Å². The molecular weight excluding hydrogens is 427 g/mol. The molecule has 0 unspecified atom stereocenters. The second-order valence-electron chi connectivity index (χ2n) is 7.25. The van der Waals surface area contributed by atoms with Gasteiger partial charge in [0, 0.05) is 25.0 Å². The van der Waals surface area contributed by atoms with Crippen LogP contribution in [0.4, 0.5) is 13.2 Å². The summed E-state index contributed by atoms with van der Waals surface area (Å²) in [6, 6.07) is 12.1. The summed E-state index contributed by atoms with van der Waals surface area (Å²) in [5, 5.41) is 14.4. The van der Waals surface area contributed by atoms with Crippen LogP contribution in [0.2, 0.25) is 0 Å². The number of aryl methyl sites for hydroxylation is 1. The average Bonchev–Trinajstić information content (AvgIpc) is 3.39. The van der Waals surface area contributed by atoms with Gasteiger partial charge in [-0.3, -0.25) is 4.79 Å². The van der Waals surface area contributed by atoms with Crippen molar-refractivity contribution in [3.05, 3.63) is 64.3 Å². The fraction of sp³-hybridized carbons (Fsp3) is 0.273. The van der Waals surface area contributed by atoms with Crippen LogP contribution in [0, 0.1) is 6.92 Å². The molecule has 3 aromatic rings. The van der Waals surface area contributed by atoms with Crippen LogP contribution in [0.3, 0.4) is 0 Å². The number of nitrogens with one attached hydrogen (secondary N) is 3. The fourth-order valence-electron chi connectivity index (χ4n) is 3.37. The number of alkyl halides is 3. The van der Waals surface area contributed by atoms with E-state index in [0.29, 0.717) is 12.2 Å². The number of aliphatic carboxylic acids is 1. The molecule has 0 fully saturated rings. The molecule has 10 heteroatoms. The van der Waals surface area contributed by atoms with Crippen LogP contribution in [0.25, 0.3) is 10.9 Å². The van der Waals surface area contributed by atoms with Gasteiger partial charge in [0.05, 0.1) is 12.6 Å². The number of rotatable bonds is 4. The van der Waals surface area contributed by atoms with Crippen LogP contribution < -0.4 is 15.4 Å². The van der Waals surface area contributed by atoms with E-state index in [9.17, 15) is 18.0 Å². The highest BCUT2D eigenvalue weighted by Gasteiger charge is 2.38. The molecule has 0 atom stereocenters. The van der Waals surface area contributed by atoms with Crippen molar-refractivity contribution < 1.29 is 32.6 Å². The summed E-state index contributed by atoms with van der Waals surface area (Å²) in [4.78, 5) is 24.6. The third-order valence-electron chi connectivity index (χ3n) is 5.02. The number of hydrogen-bond acceptors (Lipinski definition) is 4. The summed E-state index contributed by atoms with van der Waals surface area (Å²) < 4.78 is 37.1. The SMILES string of the molecule is COc1ccc(C)c2[nH]c(C(=O)NCc3ccc4c(c3)CNC4)cc12.O=C(O)C(F)(F)F. The Balaban J connectivity index is 0.000000360. The van der Waals surface area contributed by atoms with Gasteiger partial charge in [-0.1, -0.05) is 24.3 Å². The van der Waals surface area contributed by atoms with Crippen LogP contribution in [0.5, 0.6) is 5.75 Å². The molecule has 4 N–H and O–H groups in total. The average molecular weight is 449 g/mol. The molecule has 2 aromatic carbocycles. The van der Waals surface area contributed by atoms with Gasteiger partial charge in [-0.15, -0.1) is 0 Å². The molecule has 0 aliphatic carbocycles. The van der Waals surface area contributed by atoms with Crippen LogP contribution in [0.15, 0.2) is 36.4 Å². The van der Waals surface area contributed by atoms with E-state index < -0.39 is 12.1 Å². The molecule has 0 spiro atoms. The number of amides is 1. The largest absolute Gasteiger partial charge is 0.496 e. The third kappa shape index (κ3) is 5.20. The Morgan fingerprint density at radius 2 is 1.81 bits per heavy atom. The standard InChI is InChI=1S/C20H21N3O2.C2HF3O2/c1-12-3-6-18(25-2)16-8-17(23-19(12)16)20(24)22-9-13-4-5-14-10-21-11-15(14)7-13;3-2(4,5)1(6)7/h3-8,21,23H,9-11H2,1-2H3,(H,22,24);(H,6,7). The van der Waals surface area contributed by atoms with Gasteiger partial charge in [-0.25, -0.2) is 4.79 Å². The first-order valence-electron chi connectivity index (χ1n) is 9.66. The summed E-state index contributed by atoms with van der Waals surface area (Å²) in [6.45, 7) is 4.35. The Kier molecular flexibility index (Phi) is 6.73. The lowest BCUT2D eigenvalue weighted by atomic mass is 10.1. The topological polar surface area (TPSA) is 103 Å². The van der Waals surface area contributed by atoms with Gasteiger partial charge in [0.15, 0.2) is 0 Å². The molecule has 32 heavy (non-hydrogen) atoms. The number of carboxylic acid groups (broad SMARTS) is 1. The number of ether oxygens (including phenoxy) is 1. The molecule has 1 aliphatic rings. The van der Waals surface area contributed by atoms with Crippen molar-refractivity contribution >= 4 is 22.8 Å². The quantitative estimate of drug-likeness (QED) is 0.487. The molecule has 0 radical (unpaired) electrons. The Bertz CT molecular complexity index is 1160. The zero-order valence-electron chi connectivity index (χ0n) is 17.4. The minimum atomic E-state index is -5.08. The van der Waals surface area contributed by atoms with E-state index in [1.54, 1.807) is 7.11 Å². The molecule has 7 nitrogen and oxygen atoms in total. The number of aromatic nitrogens is 1. The Hall–Kier alpha value is -3.53. The second kappa shape index (κ2) is 9.31. The van der Waals surface area contributed by atoms with Crippen molar-refractivity contribution in [2.75, 3.05) is 7.11 Å². The highest BCUT2D eigenvalue weighted by molar-refractivity contribution is 6.00. The minimum Gasteiger partial charge on any atom is -0.496 e.